The van der Waals surface area contributed by atoms with Gasteiger partial charge in [-0.25, -0.2) is 0 Å². The summed E-state index contributed by atoms with van der Waals surface area (Å²) in [6.45, 7) is 2.76. The molecule has 106 valence electrons. The van der Waals surface area contributed by atoms with Gasteiger partial charge in [-0.1, -0.05) is 0 Å². The van der Waals surface area contributed by atoms with Gasteiger partial charge in [-0.2, -0.15) is 0 Å². The van der Waals surface area contributed by atoms with Gasteiger partial charge in [0, 0.05) is 13.6 Å². The third kappa shape index (κ3) is 10.3. The van der Waals surface area contributed by atoms with Crippen molar-refractivity contribution in [3.8, 4) is 0 Å². The fraction of sp³-hybridized carbons (Fsp3) is 0.800. The van der Waals surface area contributed by atoms with Gasteiger partial charge in [-0.15, -0.1) is 9.24 Å². The first-order valence-electron chi connectivity index (χ1n) is 5.75. The van der Waals surface area contributed by atoms with E-state index in [0.29, 0.717) is 33.0 Å². The number of rotatable bonds is 10. The van der Waals surface area contributed by atoms with Crippen LogP contribution in [0.4, 0.5) is 0 Å². The van der Waals surface area contributed by atoms with Crippen molar-refractivity contribution in [2.45, 2.75) is 0 Å². The molecule has 0 heterocycles. The lowest BCUT2D eigenvalue weighted by Gasteiger charge is -2.15. The predicted octanol–water partition coefficient (Wildman–Crippen LogP) is -1.16. The minimum Gasteiger partial charge on any atom is -0.379 e. The molecule has 0 aromatic carbocycles. The summed E-state index contributed by atoms with van der Waals surface area (Å²) in [7, 11) is 4.17. The van der Waals surface area contributed by atoms with E-state index in [2.05, 4.69) is 14.6 Å². The van der Waals surface area contributed by atoms with Crippen molar-refractivity contribution in [1.82, 2.24) is 10.2 Å². The molecule has 0 aromatic heterocycles. The lowest BCUT2D eigenvalue weighted by atomic mass is 10.5. The summed E-state index contributed by atoms with van der Waals surface area (Å²) in [5, 5.41) is 9.77. The van der Waals surface area contributed by atoms with Gasteiger partial charge in [0.15, 0.2) is 5.96 Å². The third-order valence-corrected chi connectivity index (χ3v) is 2.23. The minimum absolute atomic E-state index is 0.0760. The summed E-state index contributed by atoms with van der Waals surface area (Å²) in [5.74, 6) is -0.316. The smallest absolute Gasteiger partial charge is 0.239 e. The SMILES string of the molecule is CN(CC(=O)NCCOCCOCCP)C(=N)N. The van der Waals surface area contributed by atoms with Crippen LogP contribution in [0.25, 0.3) is 0 Å². The number of nitrogens with zero attached hydrogens (tertiary/aromatic N) is 1. The average Bonchev–Trinajstić information content (AvgIpc) is 2.32. The van der Waals surface area contributed by atoms with E-state index in [4.69, 9.17) is 20.6 Å². The van der Waals surface area contributed by atoms with Crippen LogP contribution in [0.5, 0.6) is 0 Å². The molecule has 0 aliphatic rings. The summed E-state index contributed by atoms with van der Waals surface area (Å²) in [5.41, 5.74) is 5.21. The lowest BCUT2D eigenvalue weighted by molar-refractivity contribution is -0.121. The topological polar surface area (TPSA) is 101 Å². The van der Waals surface area contributed by atoms with Gasteiger partial charge >= 0.3 is 0 Å². The molecule has 0 spiro atoms. The number of hydrogen-bond acceptors (Lipinski definition) is 4. The predicted molar refractivity (Wildman–Crippen MR) is 73.8 cm³/mol. The molecule has 18 heavy (non-hydrogen) atoms. The summed E-state index contributed by atoms with van der Waals surface area (Å²) < 4.78 is 10.5. The van der Waals surface area contributed by atoms with Crippen LogP contribution < -0.4 is 11.1 Å². The second-order valence-corrected chi connectivity index (χ2v) is 4.18. The zero-order valence-corrected chi connectivity index (χ0v) is 11.9. The summed E-state index contributed by atoms with van der Waals surface area (Å²) >= 11 is 0. The van der Waals surface area contributed by atoms with Crippen molar-refractivity contribution in [2.24, 2.45) is 5.73 Å². The zero-order chi connectivity index (χ0) is 13.8. The van der Waals surface area contributed by atoms with Crippen LogP contribution in [0.3, 0.4) is 0 Å². The van der Waals surface area contributed by atoms with Gasteiger partial charge < -0.3 is 25.4 Å². The molecule has 0 bridgehead atoms. The van der Waals surface area contributed by atoms with Crippen LogP contribution in [0.1, 0.15) is 0 Å². The average molecular weight is 278 g/mol. The first-order valence-corrected chi connectivity index (χ1v) is 6.57. The highest BCUT2D eigenvalue weighted by Crippen LogP contribution is 1.83. The Balaban J connectivity index is 3.33. The molecule has 0 radical (unpaired) electrons. The minimum atomic E-state index is -0.185. The maximum absolute atomic E-state index is 11.3. The van der Waals surface area contributed by atoms with Crippen LogP contribution in [-0.4, -0.2) is 69.5 Å². The van der Waals surface area contributed by atoms with Crippen molar-refractivity contribution in [3.63, 3.8) is 0 Å². The molecule has 1 atom stereocenters. The van der Waals surface area contributed by atoms with Crippen molar-refractivity contribution in [1.29, 1.82) is 5.41 Å². The zero-order valence-electron chi connectivity index (χ0n) is 10.8. The molecule has 7 nitrogen and oxygen atoms in total. The number of guanidine groups is 1. The Kier molecular flexibility index (Phi) is 10.6. The Morgan fingerprint density at radius 2 is 1.94 bits per heavy atom. The van der Waals surface area contributed by atoms with E-state index in [1.54, 1.807) is 7.05 Å². The molecule has 8 heteroatoms. The molecular weight excluding hydrogens is 255 g/mol. The van der Waals surface area contributed by atoms with E-state index in [1.807, 2.05) is 0 Å². The Morgan fingerprint density at radius 1 is 1.33 bits per heavy atom. The van der Waals surface area contributed by atoms with Crippen LogP contribution in [0, 0.1) is 5.41 Å². The van der Waals surface area contributed by atoms with Gasteiger partial charge in [0.2, 0.25) is 5.91 Å². The largest absolute Gasteiger partial charge is 0.379 e. The Bertz CT molecular complexity index is 253. The molecular formula is C10H23N4O3P. The summed E-state index contributed by atoms with van der Waals surface area (Å²) in [6, 6.07) is 0. The van der Waals surface area contributed by atoms with E-state index < -0.39 is 0 Å². The highest BCUT2D eigenvalue weighted by molar-refractivity contribution is 7.16. The first kappa shape index (κ1) is 17.1. The van der Waals surface area contributed by atoms with Crippen molar-refractivity contribution in [2.75, 3.05) is 52.7 Å². The first-order chi connectivity index (χ1) is 8.57. The molecule has 0 aliphatic carbocycles. The van der Waals surface area contributed by atoms with Crippen LogP contribution in [-0.2, 0) is 14.3 Å². The number of ether oxygens (including phenoxy) is 2. The molecule has 4 N–H and O–H groups in total. The van der Waals surface area contributed by atoms with E-state index in [1.165, 1.54) is 4.90 Å². The molecule has 1 unspecified atom stereocenters. The molecule has 0 fully saturated rings. The van der Waals surface area contributed by atoms with Crippen LogP contribution in [0.2, 0.25) is 0 Å². The molecule has 0 aromatic rings. The number of hydrogen-bond donors (Lipinski definition) is 3. The molecule has 1 amide bonds. The fourth-order valence-electron chi connectivity index (χ4n) is 1.02. The standard InChI is InChI=1S/C10H23N4O3P/c1-14(10(11)12)8-9(15)13-2-3-16-4-5-17-6-7-18/h2-8,18H2,1H3,(H3,11,12)(H,13,15). The number of nitrogens with one attached hydrogen (secondary N) is 2. The van der Waals surface area contributed by atoms with Gasteiger partial charge in [0.05, 0.1) is 33.0 Å². The number of likely N-dealkylation sites (N-methyl/N-ethyl adjacent to an activating group) is 1. The van der Waals surface area contributed by atoms with Gasteiger partial charge in [-0.05, 0) is 6.16 Å². The molecule has 0 rings (SSSR count). The second kappa shape index (κ2) is 11.2. The van der Waals surface area contributed by atoms with Crippen molar-refractivity contribution >= 4 is 21.1 Å². The monoisotopic (exact) mass is 278 g/mol. The second-order valence-electron chi connectivity index (χ2n) is 3.60. The van der Waals surface area contributed by atoms with Gasteiger partial charge in [0.1, 0.15) is 0 Å². The van der Waals surface area contributed by atoms with E-state index >= 15 is 0 Å². The maximum atomic E-state index is 11.3. The van der Waals surface area contributed by atoms with E-state index in [9.17, 15) is 4.79 Å². The number of amides is 1. The normalized spacial score (nSPS) is 10.1. The summed E-state index contributed by atoms with van der Waals surface area (Å²) in [6.07, 6.45) is 0.916. The quantitative estimate of drug-likeness (QED) is 0.202. The number of carbonyl (C=O) groups is 1. The maximum Gasteiger partial charge on any atom is 0.239 e. The fourth-order valence-corrected chi connectivity index (χ4v) is 1.19. The van der Waals surface area contributed by atoms with Gasteiger partial charge in [0.25, 0.3) is 0 Å². The lowest BCUT2D eigenvalue weighted by Crippen LogP contribution is -2.42. The highest BCUT2D eigenvalue weighted by Gasteiger charge is 2.06. The molecule has 0 aliphatic heterocycles. The molecule has 0 saturated heterocycles. The molecule has 0 saturated carbocycles. The Morgan fingerprint density at radius 3 is 2.50 bits per heavy atom. The third-order valence-electron chi connectivity index (χ3n) is 1.99. The highest BCUT2D eigenvalue weighted by atomic mass is 31.0. The van der Waals surface area contributed by atoms with Crippen molar-refractivity contribution in [3.05, 3.63) is 0 Å². The number of carbonyl (C=O) groups excluding carboxylic acids is 1. The van der Waals surface area contributed by atoms with E-state index in [0.717, 1.165) is 6.16 Å². The van der Waals surface area contributed by atoms with E-state index in [-0.39, 0.29) is 18.4 Å². The number of nitrogens with two attached hydrogens (primary N) is 1. The Labute approximate surface area is 110 Å². The van der Waals surface area contributed by atoms with Gasteiger partial charge in [-0.3, -0.25) is 10.2 Å². The van der Waals surface area contributed by atoms with Crippen molar-refractivity contribution < 1.29 is 14.3 Å². The van der Waals surface area contributed by atoms with Crippen LogP contribution >= 0.6 is 9.24 Å². The Hall–Kier alpha value is -0.910. The summed E-state index contributed by atoms with van der Waals surface area (Å²) in [4.78, 5) is 12.7. The van der Waals surface area contributed by atoms with Crippen LogP contribution in [0.15, 0.2) is 0 Å².